The summed E-state index contributed by atoms with van der Waals surface area (Å²) in [6.45, 7) is 1.18. The number of nitrogens with zero attached hydrogens (tertiary/aromatic N) is 3. The van der Waals surface area contributed by atoms with Gasteiger partial charge in [-0.05, 0) is 49.6 Å². The highest BCUT2D eigenvalue weighted by atomic mass is 19.4. The second-order valence-corrected chi connectivity index (χ2v) is 10.4. The number of amides is 2. The SMILES string of the molecule is O=C(NCC(=O)N1CCC[C@H]2[C@@H]1CC[N+]2=C1CCC(O)(c2ccccn2)CC1)c1cccc(C(F)(F)F)c1. The minimum atomic E-state index is -4.54. The van der Waals surface area contributed by atoms with Crippen molar-refractivity contribution in [3.05, 3.63) is 65.5 Å². The average molecular weight is 530 g/mol. The molecule has 0 bridgehead atoms. The molecule has 2 N–H and O–H groups in total. The largest absolute Gasteiger partial charge is 0.416 e. The number of aliphatic hydroxyl groups is 1. The number of fused-ring (bicyclic) bond motifs is 1. The number of pyridine rings is 1. The van der Waals surface area contributed by atoms with E-state index in [9.17, 15) is 27.9 Å². The van der Waals surface area contributed by atoms with Crippen LogP contribution in [-0.4, -0.2) is 68.8 Å². The van der Waals surface area contributed by atoms with Crippen LogP contribution in [0.3, 0.4) is 0 Å². The van der Waals surface area contributed by atoms with Crippen LogP contribution in [0.15, 0.2) is 48.7 Å². The first-order valence-electron chi connectivity index (χ1n) is 13.2. The average Bonchev–Trinajstić information content (AvgIpc) is 3.36. The molecule has 10 heteroatoms. The molecule has 1 aromatic heterocycles. The lowest BCUT2D eigenvalue weighted by Gasteiger charge is -2.36. The Bertz CT molecular complexity index is 1220. The lowest BCUT2D eigenvalue weighted by atomic mass is 9.81. The number of aromatic nitrogens is 1. The summed E-state index contributed by atoms with van der Waals surface area (Å²) in [7, 11) is 0. The first-order valence-corrected chi connectivity index (χ1v) is 13.2. The van der Waals surface area contributed by atoms with Gasteiger partial charge in [0.2, 0.25) is 5.91 Å². The van der Waals surface area contributed by atoms with Gasteiger partial charge in [0.1, 0.15) is 12.1 Å². The highest BCUT2D eigenvalue weighted by molar-refractivity contribution is 5.96. The van der Waals surface area contributed by atoms with Gasteiger partial charge in [-0.15, -0.1) is 0 Å². The van der Waals surface area contributed by atoms with Crippen LogP contribution in [-0.2, 0) is 16.6 Å². The van der Waals surface area contributed by atoms with Gasteiger partial charge in [0.25, 0.3) is 5.91 Å². The van der Waals surface area contributed by atoms with Gasteiger partial charge in [0.15, 0.2) is 11.8 Å². The van der Waals surface area contributed by atoms with E-state index in [1.807, 2.05) is 23.1 Å². The fourth-order valence-corrected chi connectivity index (χ4v) is 6.22. The summed E-state index contributed by atoms with van der Waals surface area (Å²) in [5.74, 6) is -0.927. The fourth-order valence-electron chi connectivity index (χ4n) is 6.22. The number of piperidine rings is 1. The Labute approximate surface area is 219 Å². The number of rotatable bonds is 4. The van der Waals surface area contributed by atoms with Crippen LogP contribution in [0.25, 0.3) is 0 Å². The molecule has 2 aliphatic heterocycles. The van der Waals surface area contributed by atoms with Crippen LogP contribution in [0.2, 0.25) is 0 Å². The molecule has 1 saturated carbocycles. The summed E-state index contributed by atoms with van der Waals surface area (Å²) < 4.78 is 41.4. The van der Waals surface area contributed by atoms with Crippen molar-refractivity contribution in [3.8, 4) is 0 Å². The van der Waals surface area contributed by atoms with Gasteiger partial charge in [-0.1, -0.05) is 12.1 Å². The fraction of sp³-hybridized carbons (Fsp3) is 0.500. The molecule has 0 spiro atoms. The maximum atomic E-state index is 13.1. The lowest BCUT2D eigenvalue weighted by Crippen LogP contribution is -2.53. The highest BCUT2D eigenvalue weighted by Crippen LogP contribution is 2.37. The Kier molecular flexibility index (Phi) is 7.26. The summed E-state index contributed by atoms with van der Waals surface area (Å²) in [5.41, 5.74) is 0.0665. The summed E-state index contributed by atoms with van der Waals surface area (Å²) in [6, 6.07) is 10.0. The topological polar surface area (TPSA) is 85.5 Å². The van der Waals surface area contributed by atoms with Crippen LogP contribution in [0.1, 0.15) is 66.6 Å². The highest BCUT2D eigenvalue weighted by Gasteiger charge is 2.48. The Morgan fingerprint density at radius 3 is 2.63 bits per heavy atom. The maximum absolute atomic E-state index is 13.1. The van der Waals surface area contributed by atoms with Crippen LogP contribution in [0.5, 0.6) is 0 Å². The Morgan fingerprint density at radius 2 is 1.92 bits per heavy atom. The minimum absolute atomic E-state index is 0.0332. The zero-order chi connectivity index (χ0) is 26.9. The van der Waals surface area contributed by atoms with Crippen molar-refractivity contribution in [2.45, 2.75) is 68.8 Å². The Hall–Kier alpha value is -3.27. The predicted molar refractivity (Wildman–Crippen MR) is 134 cm³/mol. The second kappa shape index (κ2) is 10.5. The number of hydrogen-bond acceptors (Lipinski definition) is 4. The molecule has 2 amide bonds. The van der Waals surface area contributed by atoms with Crippen LogP contribution < -0.4 is 5.32 Å². The zero-order valence-electron chi connectivity index (χ0n) is 21.1. The van der Waals surface area contributed by atoms with Crippen LogP contribution in [0, 0.1) is 0 Å². The number of alkyl halides is 3. The molecule has 2 aromatic rings. The van der Waals surface area contributed by atoms with Crippen molar-refractivity contribution in [2.75, 3.05) is 19.6 Å². The molecule has 38 heavy (non-hydrogen) atoms. The van der Waals surface area contributed by atoms with Crippen LogP contribution >= 0.6 is 0 Å². The number of benzene rings is 1. The van der Waals surface area contributed by atoms with Gasteiger partial charge >= 0.3 is 6.18 Å². The molecule has 0 radical (unpaired) electrons. The van der Waals surface area contributed by atoms with Crippen molar-refractivity contribution in [3.63, 3.8) is 0 Å². The maximum Gasteiger partial charge on any atom is 0.416 e. The first-order chi connectivity index (χ1) is 18.2. The van der Waals surface area contributed by atoms with Crippen molar-refractivity contribution < 1.29 is 32.4 Å². The molecule has 3 aliphatic rings. The van der Waals surface area contributed by atoms with E-state index >= 15 is 0 Å². The number of hydrogen-bond donors (Lipinski definition) is 2. The molecule has 1 aromatic carbocycles. The third-order valence-electron chi connectivity index (χ3n) is 8.18. The van der Waals surface area contributed by atoms with Crippen molar-refractivity contribution in [1.82, 2.24) is 15.2 Å². The summed E-state index contributed by atoms with van der Waals surface area (Å²) >= 11 is 0. The normalized spacial score (nSPS) is 25.7. The van der Waals surface area contributed by atoms with E-state index in [4.69, 9.17) is 0 Å². The first kappa shape index (κ1) is 26.3. The molecule has 2 saturated heterocycles. The number of carbonyl (C=O) groups is 2. The van der Waals surface area contributed by atoms with Gasteiger partial charge in [-0.3, -0.25) is 14.6 Å². The van der Waals surface area contributed by atoms with E-state index in [-0.39, 0.29) is 30.1 Å². The van der Waals surface area contributed by atoms with E-state index in [1.165, 1.54) is 17.8 Å². The number of nitrogens with one attached hydrogen (secondary N) is 1. The lowest BCUT2D eigenvalue weighted by molar-refractivity contribution is -0.552. The van der Waals surface area contributed by atoms with Gasteiger partial charge in [-0.25, -0.2) is 4.58 Å². The van der Waals surface area contributed by atoms with Gasteiger partial charge in [0.05, 0.1) is 23.8 Å². The van der Waals surface area contributed by atoms with Gasteiger partial charge in [0, 0.05) is 44.0 Å². The molecular weight excluding hydrogens is 497 g/mol. The standard InChI is InChI=1S/C28H31F3N4O3/c29-28(30,31)20-6-3-5-19(17-20)26(37)33-18-25(36)35-15-4-7-22-23(35)11-16-34(22)21-9-12-27(38,13-10-21)24-8-1-2-14-32-24/h1-3,5-6,8,14,17,22-23,38H,4,7,9-13,15-16,18H2/p+1/t22-,23-,27?/m0/s1. The molecule has 1 aliphatic carbocycles. The molecule has 5 rings (SSSR count). The molecule has 3 heterocycles. The summed E-state index contributed by atoms with van der Waals surface area (Å²) in [4.78, 5) is 31.7. The number of likely N-dealkylation sites (tertiary alicyclic amines) is 1. The van der Waals surface area contributed by atoms with Gasteiger partial charge in [-0.2, -0.15) is 13.2 Å². The summed E-state index contributed by atoms with van der Waals surface area (Å²) in [6.07, 6.45) is 2.56. The monoisotopic (exact) mass is 529 g/mol. The Morgan fingerprint density at radius 1 is 1.13 bits per heavy atom. The molecular formula is C28H32F3N4O3+. The third-order valence-corrected chi connectivity index (χ3v) is 8.18. The van der Waals surface area contributed by atoms with E-state index in [2.05, 4.69) is 14.9 Å². The van der Waals surface area contributed by atoms with Gasteiger partial charge < -0.3 is 15.3 Å². The van der Waals surface area contributed by atoms with E-state index < -0.39 is 23.2 Å². The van der Waals surface area contributed by atoms with Crippen molar-refractivity contribution in [1.29, 1.82) is 0 Å². The molecule has 3 fully saturated rings. The summed E-state index contributed by atoms with van der Waals surface area (Å²) in [5, 5.41) is 13.7. The predicted octanol–water partition coefficient (Wildman–Crippen LogP) is 3.51. The van der Waals surface area contributed by atoms with E-state index in [0.29, 0.717) is 25.1 Å². The van der Waals surface area contributed by atoms with Crippen LogP contribution in [0.4, 0.5) is 13.2 Å². The van der Waals surface area contributed by atoms with Crippen molar-refractivity contribution >= 4 is 17.5 Å². The molecule has 2 atom stereocenters. The zero-order valence-corrected chi connectivity index (χ0v) is 21.1. The molecule has 7 nitrogen and oxygen atoms in total. The molecule has 0 unspecified atom stereocenters. The Balaban J connectivity index is 1.21. The van der Waals surface area contributed by atoms with E-state index in [1.54, 1.807) is 6.20 Å². The second-order valence-electron chi connectivity index (χ2n) is 10.4. The van der Waals surface area contributed by atoms with Crippen molar-refractivity contribution in [2.24, 2.45) is 0 Å². The van der Waals surface area contributed by atoms with E-state index in [0.717, 1.165) is 50.8 Å². The number of carbonyl (C=O) groups excluding carboxylic acids is 2. The third kappa shape index (κ3) is 5.32. The smallest absolute Gasteiger partial charge is 0.384 e. The minimum Gasteiger partial charge on any atom is -0.384 e. The number of halogens is 3. The molecule has 202 valence electrons. The quantitative estimate of drug-likeness (QED) is 0.594.